The summed E-state index contributed by atoms with van der Waals surface area (Å²) in [6, 6.07) is 3.21. The van der Waals surface area contributed by atoms with Crippen molar-refractivity contribution in [2.24, 2.45) is 0 Å². The molecule has 8 heteroatoms. The summed E-state index contributed by atoms with van der Waals surface area (Å²) in [5.41, 5.74) is 2.18. The number of rotatable bonds is 11. The van der Waals surface area contributed by atoms with Crippen molar-refractivity contribution in [1.82, 2.24) is 15.2 Å². The van der Waals surface area contributed by atoms with Gasteiger partial charge in [0, 0.05) is 25.2 Å². The number of anilines is 1. The lowest BCUT2D eigenvalue weighted by Crippen LogP contribution is -2.44. The van der Waals surface area contributed by atoms with Crippen molar-refractivity contribution in [3.05, 3.63) is 23.4 Å². The number of terminal acetylenes is 1. The molecule has 30 heavy (non-hydrogen) atoms. The third-order valence-corrected chi connectivity index (χ3v) is 4.87. The van der Waals surface area contributed by atoms with Crippen molar-refractivity contribution in [1.29, 1.82) is 0 Å². The summed E-state index contributed by atoms with van der Waals surface area (Å²) in [6.07, 6.45) is 9.41. The Kier molecular flexibility index (Phi) is 9.13. The predicted octanol–water partition coefficient (Wildman–Crippen LogP) is 1.59. The van der Waals surface area contributed by atoms with Crippen LogP contribution in [0.3, 0.4) is 0 Å². The Hall–Kier alpha value is -3.08. The molecular formula is C22H30N4O4. The Morgan fingerprint density at radius 2 is 2.20 bits per heavy atom. The second-order valence-electron chi connectivity index (χ2n) is 7.39. The van der Waals surface area contributed by atoms with E-state index in [0.29, 0.717) is 32.2 Å². The van der Waals surface area contributed by atoms with Gasteiger partial charge in [-0.15, -0.1) is 6.42 Å². The third-order valence-electron chi connectivity index (χ3n) is 4.87. The molecule has 2 amide bonds. The van der Waals surface area contributed by atoms with Gasteiger partial charge in [0.25, 0.3) is 0 Å². The van der Waals surface area contributed by atoms with Crippen molar-refractivity contribution in [3.63, 3.8) is 0 Å². The van der Waals surface area contributed by atoms with Crippen LogP contribution < -0.4 is 10.6 Å². The smallest absolute Gasteiger partial charge is 0.306 e. The number of nitrogens with zero attached hydrogens (tertiary/aromatic N) is 2. The van der Waals surface area contributed by atoms with Crippen molar-refractivity contribution >= 4 is 23.6 Å². The molecule has 0 fully saturated rings. The number of carbonyl (C=O) groups is 3. The maximum atomic E-state index is 12.6. The molecule has 1 aliphatic heterocycles. The Balaban J connectivity index is 1.83. The normalized spacial score (nSPS) is 13.3. The quantitative estimate of drug-likeness (QED) is 0.474. The van der Waals surface area contributed by atoms with Gasteiger partial charge in [-0.05, 0) is 43.7 Å². The summed E-state index contributed by atoms with van der Waals surface area (Å²) in [4.78, 5) is 41.7. The molecule has 162 valence electrons. The molecule has 1 aromatic rings. The molecule has 1 aliphatic rings. The van der Waals surface area contributed by atoms with Crippen LogP contribution in [0, 0.1) is 12.3 Å². The van der Waals surface area contributed by atoms with E-state index in [0.717, 1.165) is 30.9 Å². The molecule has 2 rings (SSSR count). The van der Waals surface area contributed by atoms with Gasteiger partial charge in [-0.3, -0.25) is 14.4 Å². The third kappa shape index (κ3) is 7.39. The molecule has 3 N–H and O–H groups in total. The summed E-state index contributed by atoms with van der Waals surface area (Å²) < 4.78 is 0. The SMILES string of the molecule is C#C[C@H](CC(=O)O)NC(=O)CN(CCC)C(=O)CCCc1ccc2c(n1)NCCC2. The molecular weight excluding hydrogens is 384 g/mol. The maximum absolute atomic E-state index is 12.6. The van der Waals surface area contributed by atoms with Gasteiger partial charge in [-0.25, -0.2) is 4.98 Å². The van der Waals surface area contributed by atoms with E-state index < -0.39 is 17.9 Å². The zero-order valence-corrected chi connectivity index (χ0v) is 17.4. The molecule has 0 radical (unpaired) electrons. The van der Waals surface area contributed by atoms with Gasteiger partial charge < -0.3 is 20.6 Å². The lowest BCUT2D eigenvalue weighted by Gasteiger charge is -2.22. The molecule has 8 nitrogen and oxygen atoms in total. The first-order valence-corrected chi connectivity index (χ1v) is 10.4. The first kappa shape index (κ1) is 23.2. The largest absolute Gasteiger partial charge is 0.481 e. The van der Waals surface area contributed by atoms with Gasteiger partial charge in [-0.2, -0.15) is 0 Å². The minimum Gasteiger partial charge on any atom is -0.481 e. The van der Waals surface area contributed by atoms with Crippen LogP contribution in [0.2, 0.25) is 0 Å². The monoisotopic (exact) mass is 414 g/mol. The van der Waals surface area contributed by atoms with Crippen LogP contribution in [0.25, 0.3) is 0 Å². The van der Waals surface area contributed by atoms with E-state index in [1.165, 1.54) is 10.5 Å². The second-order valence-corrected chi connectivity index (χ2v) is 7.39. The summed E-state index contributed by atoms with van der Waals surface area (Å²) >= 11 is 0. The number of carbonyl (C=O) groups excluding carboxylic acids is 2. The van der Waals surface area contributed by atoms with Crippen molar-refractivity contribution in [3.8, 4) is 12.3 Å². The van der Waals surface area contributed by atoms with E-state index in [-0.39, 0.29) is 18.9 Å². The minimum atomic E-state index is -1.09. The standard InChI is InChI=1S/C22H30N4O4/c1-3-13-26(15-19(27)24-17(4-2)14-21(29)30)20(28)9-5-8-18-11-10-16-7-6-12-23-22(16)25-18/h2,10-11,17H,3,5-9,12-15H2,1H3,(H,23,25)(H,24,27)(H,29,30)/t17-/m1/s1. The summed E-state index contributed by atoms with van der Waals surface area (Å²) in [5.74, 6) is 1.53. The number of amides is 2. The Bertz CT molecular complexity index is 803. The van der Waals surface area contributed by atoms with Gasteiger partial charge in [0.05, 0.1) is 13.0 Å². The van der Waals surface area contributed by atoms with E-state index in [2.05, 4.69) is 27.6 Å². The number of carboxylic acids is 1. The van der Waals surface area contributed by atoms with Crippen LogP contribution in [0.15, 0.2) is 12.1 Å². The number of hydrogen-bond acceptors (Lipinski definition) is 5. The maximum Gasteiger partial charge on any atom is 0.306 e. The van der Waals surface area contributed by atoms with Crippen LogP contribution in [0.1, 0.15) is 50.3 Å². The average molecular weight is 415 g/mol. The second kappa shape index (κ2) is 11.8. The highest BCUT2D eigenvalue weighted by Gasteiger charge is 2.19. The molecule has 0 saturated heterocycles. The highest BCUT2D eigenvalue weighted by Crippen LogP contribution is 2.20. The van der Waals surface area contributed by atoms with Gasteiger partial charge in [0.2, 0.25) is 11.8 Å². The van der Waals surface area contributed by atoms with Gasteiger partial charge in [-0.1, -0.05) is 18.9 Å². The molecule has 0 spiro atoms. The van der Waals surface area contributed by atoms with Crippen LogP contribution in [-0.4, -0.2) is 58.5 Å². The van der Waals surface area contributed by atoms with E-state index in [1.54, 1.807) is 0 Å². The fourth-order valence-corrected chi connectivity index (χ4v) is 3.39. The fraction of sp³-hybridized carbons (Fsp3) is 0.545. The van der Waals surface area contributed by atoms with Crippen molar-refractivity contribution in [2.45, 2.75) is 57.9 Å². The molecule has 0 saturated carbocycles. The van der Waals surface area contributed by atoms with Gasteiger partial charge in [0.1, 0.15) is 11.9 Å². The number of fused-ring (bicyclic) bond motifs is 1. The molecule has 1 atom stereocenters. The molecule has 0 aromatic carbocycles. The molecule has 0 aliphatic carbocycles. The average Bonchev–Trinajstić information content (AvgIpc) is 2.72. The number of carboxylic acid groups (broad SMARTS) is 1. The molecule has 2 heterocycles. The number of aromatic nitrogens is 1. The highest BCUT2D eigenvalue weighted by atomic mass is 16.4. The molecule has 0 bridgehead atoms. The first-order chi connectivity index (χ1) is 14.4. The van der Waals surface area contributed by atoms with E-state index in [1.807, 2.05) is 13.0 Å². The van der Waals surface area contributed by atoms with E-state index in [4.69, 9.17) is 11.5 Å². The number of hydrogen-bond donors (Lipinski definition) is 3. The van der Waals surface area contributed by atoms with Crippen LogP contribution >= 0.6 is 0 Å². The number of pyridine rings is 1. The Morgan fingerprint density at radius 1 is 1.40 bits per heavy atom. The van der Waals surface area contributed by atoms with Crippen molar-refractivity contribution < 1.29 is 19.5 Å². The fourth-order valence-electron chi connectivity index (χ4n) is 3.39. The number of aryl methyl sites for hydroxylation is 2. The summed E-state index contributed by atoms with van der Waals surface area (Å²) in [5, 5.41) is 14.6. The van der Waals surface area contributed by atoms with E-state index in [9.17, 15) is 14.4 Å². The minimum absolute atomic E-state index is 0.112. The molecule has 1 aromatic heterocycles. The van der Waals surface area contributed by atoms with E-state index >= 15 is 0 Å². The zero-order chi connectivity index (χ0) is 21.9. The lowest BCUT2D eigenvalue weighted by molar-refractivity contribution is -0.138. The Labute approximate surface area is 177 Å². The highest BCUT2D eigenvalue weighted by molar-refractivity contribution is 5.85. The first-order valence-electron chi connectivity index (χ1n) is 10.4. The topological polar surface area (TPSA) is 112 Å². The summed E-state index contributed by atoms with van der Waals surface area (Å²) in [7, 11) is 0. The van der Waals surface area contributed by atoms with Gasteiger partial charge >= 0.3 is 5.97 Å². The Morgan fingerprint density at radius 3 is 2.90 bits per heavy atom. The van der Waals surface area contributed by atoms with Crippen LogP contribution in [0.5, 0.6) is 0 Å². The lowest BCUT2D eigenvalue weighted by atomic mass is 10.1. The van der Waals surface area contributed by atoms with Gasteiger partial charge in [0.15, 0.2) is 0 Å². The number of nitrogens with one attached hydrogen (secondary N) is 2. The number of aliphatic carboxylic acids is 1. The zero-order valence-electron chi connectivity index (χ0n) is 17.4. The van der Waals surface area contributed by atoms with Crippen LogP contribution in [-0.2, 0) is 27.2 Å². The molecule has 0 unspecified atom stereocenters. The summed E-state index contributed by atoms with van der Waals surface area (Å²) in [6.45, 7) is 3.18. The van der Waals surface area contributed by atoms with Crippen molar-refractivity contribution in [2.75, 3.05) is 25.0 Å². The predicted molar refractivity (Wildman–Crippen MR) is 114 cm³/mol. The van der Waals surface area contributed by atoms with Crippen LogP contribution in [0.4, 0.5) is 5.82 Å².